The van der Waals surface area contributed by atoms with E-state index in [0.29, 0.717) is 18.8 Å². The standard InChI is InChI=1S/C37H27NO3/c1-36(39)32-10-6-5-9-28(32)34-30-19-23-16-18-40-33(23)20-29(30)31-21-37(17-15-27(31)35(34)36,24-7-3-2-4-8-24)25-11-13-26(14-12-25)41-22-38/h2-15,17,19-20,39H,16,18,21H2,1H3. The van der Waals surface area contributed by atoms with Gasteiger partial charge in [-0.05, 0) is 92.9 Å². The van der Waals surface area contributed by atoms with E-state index in [-0.39, 0.29) is 0 Å². The van der Waals surface area contributed by atoms with Crippen LogP contribution in [0.5, 0.6) is 11.5 Å². The largest absolute Gasteiger partial charge is 0.493 e. The third-order valence-corrected chi connectivity index (χ3v) is 9.29. The molecule has 0 amide bonds. The third-order valence-electron chi connectivity index (χ3n) is 9.29. The molecule has 5 aromatic rings. The van der Waals surface area contributed by atoms with Crippen LogP contribution in [-0.2, 0) is 23.9 Å². The van der Waals surface area contributed by atoms with E-state index >= 15 is 0 Å². The average Bonchev–Trinajstić information content (AvgIpc) is 3.57. The molecule has 0 aromatic heterocycles. The Balaban J connectivity index is 1.44. The summed E-state index contributed by atoms with van der Waals surface area (Å²) in [5.41, 5.74) is 8.37. The Hall–Kier alpha value is -4.85. The van der Waals surface area contributed by atoms with Crippen molar-refractivity contribution >= 4 is 16.8 Å². The van der Waals surface area contributed by atoms with Crippen molar-refractivity contribution in [3.63, 3.8) is 0 Å². The molecule has 5 aromatic carbocycles. The van der Waals surface area contributed by atoms with Crippen molar-refractivity contribution < 1.29 is 14.6 Å². The molecule has 3 aliphatic rings. The van der Waals surface area contributed by atoms with E-state index in [0.717, 1.165) is 45.6 Å². The van der Waals surface area contributed by atoms with E-state index < -0.39 is 11.0 Å². The fourth-order valence-corrected chi connectivity index (χ4v) is 7.40. The Morgan fingerprint density at radius 2 is 1.66 bits per heavy atom. The number of rotatable bonds is 3. The van der Waals surface area contributed by atoms with Crippen molar-refractivity contribution in [2.45, 2.75) is 30.8 Å². The van der Waals surface area contributed by atoms with Crippen LogP contribution in [0.1, 0.15) is 45.9 Å². The van der Waals surface area contributed by atoms with Gasteiger partial charge in [-0.2, -0.15) is 0 Å². The fraction of sp³-hybridized carbons (Fsp3) is 0.162. The maximum atomic E-state index is 12.2. The van der Waals surface area contributed by atoms with Crippen molar-refractivity contribution in [3.8, 4) is 28.9 Å². The summed E-state index contributed by atoms with van der Waals surface area (Å²) in [6.07, 6.45) is 7.87. The van der Waals surface area contributed by atoms with E-state index in [4.69, 9.17) is 14.7 Å². The topological polar surface area (TPSA) is 62.5 Å². The minimum Gasteiger partial charge on any atom is -0.493 e. The zero-order valence-corrected chi connectivity index (χ0v) is 22.6. The highest BCUT2D eigenvalue weighted by Gasteiger charge is 2.44. The Morgan fingerprint density at radius 1 is 0.902 bits per heavy atom. The van der Waals surface area contributed by atoms with E-state index in [9.17, 15) is 5.11 Å². The minimum absolute atomic E-state index is 0.461. The molecular formula is C37H27NO3. The Morgan fingerprint density at radius 3 is 2.46 bits per heavy atom. The molecule has 1 aliphatic heterocycles. The molecule has 0 spiro atoms. The predicted octanol–water partition coefficient (Wildman–Crippen LogP) is 7.43. The monoisotopic (exact) mass is 533 g/mol. The SMILES string of the molecule is CC1(O)c2ccccc2-c2c1c1c(c3cc4c(cc23)CCO4)CC(c2ccccc2)(c2ccc(OC#N)cc2)C=C1. The van der Waals surface area contributed by atoms with Crippen molar-refractivity contribution in [2.24, 2.45) is 0 Å². The Labute approximate surface area is 238 Å². The van der Waals surface area contributed by atoms with Crippen molar-refractivity contribution in [2.75, 3.05) is 6.61 Å². The van der Waals surface area contributed by atoms with Crippen molar-refractivity contribution in [1.82, 2.24) is 0 Å². The van der Waals surface area contributed by atoms with Crippen LogP contribution in [0, 0.1) is 11.5 Å². The molecule has 1 N–H and O–H groups in total. The lowest BCUT2D eigenvalue weighted by molar-refractivity contribution is 0.107. The molecule has 4 nitrogen and oxygen atoms in total. The van der Waals surface area contributed by atoms with Gasteiger partial charge in [0, 0.05) is 17.4 Å². The molecule has 0 radical (unpaired) electrons. The van der Waals surface area contributed by atoms with Gasteiger partial charge in [-0.15, -0.1) is 5.26 Å². The second-order valence-corrected chi connectivity index (χ2v) is 11.4. The average molecular weight is 534 g/mol. The fourth-order valence-electron chi connectivity index (χ4n) is 7.40. The lowest BCUT2D eigenvalue weighted by Crippen LogP contribution is -2.32. The second kappa shape index (κ2) is 8.57. The van der Waals surface area contributed by atoms with Crippen LogP contribution in [0.3, 0.4) is 0 Å². The highest BCUT2D eigenvalue weighted by atomic mass is 16.5. The molecule has 41 heavy (non-hydrogen) atoms. The second-order valence-electron chi connectivity index (χ2n) is 11.4. The summed E-state index contributed by atoms with van der Waals surface area (Å²) in [6.45, 7) is 2.62. The summed E-state index contributed by atoms with van der Waals surface area (Å²) >= 11 is 0. The smallest absolute Gasteiger partial charge is 0.292 e. The molecule has 2 aliphatic carbocycles. The third kappa shape index (κ3) is 3.30. The molecule has 4 heteroatoms. The summed E-state index contributed by atoms with van der Waals surface area (Å²) < 4.78 is 11.2. The molecule has 1 heterocycles. The molecule has 0 saturated carbocycles. The van der Waals surface area contributed by atoms with Gasteiger partial charge in [-0.3, -0.25) is 0 Å². The lowest BCUT2D eigenvalue weighted by Gasteiger charge is -2.38. The summed E-state index contributed by atoms with van der Waals surface area (Å²) in [5, 5.41) is 23.5. The lowest BCUT2D eigenvalue weighted by atomic mass is 9.65. The Bertz CT molecular complexity index is 1950. The Kier molecular flexibility index (Phi) is 5.02. The minimum atomic E-state index is -1.12. The molecule has 0 fully saturated rings. The quantitative estimate of drug-likeness (QED) is 0.245. The molecule has 198 valence electrons. The number of allylic oxidation sites excluding steroid dienone is 1. The van der Waals surface area contributed by atoms with Gasteiger partial charge in [-0.25, -0.2) is 0 Å². The molecule has 0 saturated heterocycles. The zero-order chi connectivity index (χ0) is 27.8. The summed E-state index contributed by atoms with van der Waals surface area (Å²) in [5.74, 6) is 1.47. The number of nitriles is 1. The van der Waals surface area contributed by atoms with Crippen LogP contribution in [0.15, 0.2) is 97.1 Å². The first-order valence-electron chi connectivity index (χ1n) is 14.0. The van der Waals surface area contributed by atoms with Gasteiger partial charge in [0.1, 0.15) is 17.1 Å². The van der Waals surface area contributed by atoms with Crippen LogP contribution in [0.2, 0.25) is 0 Å². The molecule has 8 rings (SSSR count). The van der Waals surface area contributed by atoms with Crippen LogP contribution in [0.25, 0.3) is 28.0 Å². The van der Waals surface area contributed by atoms with Crippen LogP contribution < -0.4 is 9.47 Å². The van der Waals surface area contributed by atoms with Crippen LogP contribution in [-0.4, -0.2) is 11.7 Å². The maximum Gasteiger partial charge on any atom is 0.292 e. The highest BCUT2D eigenvalue weighted by molar-refractivity contribution is 6.07. The van der Waals surface area contributed by atoms with E-state index in [1.54, 1.807) is 6.26 Å². The molecule has 2 atom stereocenters. The number of benzene rings is 5. The van der Waals surface area contributed by atoms with Gasteiger partial charge in [-0.1, -0.05) is 78.9 Å². The number of fused-ring (bicyclic) bond motifs is 9. The van der Waals surface area contributed by atoms with Crippen molar-refractivity contribution in [3.05, 3.63) is 136 Å². The number of hydrogen-bond acceptors (Lipinski definition) is 4. The summed E-state index contributed by atoms with van der Waals surface area (Å²) in [7, 11) is 0. The number of hydrogen-bond donors (Lipinski definition) is 1. The van der Waals surface area contributed by atoms with E-state index in [1.807, 2.05) is 31.2 Å². The van der Waals surface area contributed by atoms with Gasteiger partial charge < -0.3 is 14.6 Å². The number of aliphatic hydroxyl groups is 1. The summed E-state index contributed by atoms with van der Waals surface area (Å²) in [6, 6.07) is 31.2. The molecule has 2 unspecified atom stereocenters. The van der Waals surface area contributed by atoms with Crippen LogP contribution >= 0.6 is 0 Å². The maximum absolute atomic E-state index is 12.2. The van der Waals surface area contributed by atoms with Crippen LogP contribution in [0.4, 0.5) is 0 Å². The van der Waals surface area contributed by atoms with Gasteiger partial charge in [0.15, 0.2) is 0 Å². The molecular weight excluding hydrogens is 506 g/mol. The predicted molar refractivity (Wildman–Crippen MR) is 160 cm³/mol. The van der Waals surface area contributed by atoms with Gasteiger partial charge in [0.05, 0.1) is 6.61 Å². The van der Waals surface area contributed by atoms with E-state index in [1.165, 1.54) is 27.5 Å². The number of nitrogens with zero attached hydrogens (tertiary/aromatic N) is 1. The van der Waals surface area contributed by atoms with Gasteiger partial charge in [0.2, 0.25) is 0 Å². The van der Waals surface area contributed by atoms with Gasteiger partial charge >= 0.3 is 0 Å². The normalized spacial score (nSPS) is 21.4. The number of ether oxygens (including phenoxy) is 2. The van der Waals surface area contributed by atoms with Gasteiger partial charge in [0.25, 0.3) is 6.26 Å². The van der Waals surface area contributed by atoms with Crippen molar-refractivity contribution in [1.29, 1.82) is 5.26 Å². The zero-order valence-electron chi connectivity index (χ0n) is 22.6. The molecule has 0 bridgehead atoms. The first-order chi connectivity index (χ1) is 20.0. The van der Waals surface area contributed by atoms with E-state index in [2.05, 4.69) is 78.9 Å². The first-order valence-corrected chi connectivity index (χ1v) is 14.0. The summed E-state index contributed by atoms with van der Waals surface area (Å²) in [4.78, 5) is 0. The first kappa shape index (κ1) is 24.0. The highest BCUT2D eigenvalue weighted by Crippen LogP contribution is 2.56.